The fourth-order valence-electron chi connectivity index (χ4n) is 2.27. The van der Waals surface area contributed by atoms with E-state index < -0.39 is 5.97 Å². The van der Waals surface area contributed by atoms with Gasteiger partial charge >= 0.3 is 11.9 Å². The first-order valence-electron chi connectivity index (χ1n) is 5.81. The zero-order valence-electron chi connectivity index (χ0n) is 10.1. The number of benzene rings is 1. The summed E-state index contributed by atoms with van der Waals surface area (Å²) in [5.74, 6) is -1.24. The largest absolute Gasteiger partial charge is 0.478 e. The molecule has 1 aromatic rings. The van der Waals surface area contributed by atoms with Crippen LogP contribution in [0.4, 0.5) is 5.69 Å². The number of carboxylic acid groups (broad SMARTS) is 1. The first kappa shape index (κ1) is 12.4. The molecule has 5 nitrogen and oxygen atoms in total. The maximum absolute atomic E-state index is 11.6. The Morgan fingerprint density at radius 1 is 1.44 bits per heavy atom. The molecule has 1 aliphatic rings. The van der Waals surface area contributed by atoms with Crippen molar-refractivity contribution in [1.82, 2.24) is 0 Å². The van der Waals surface area contributed by atoms with Crippen molar-refractivity contribution in [3.05, 3.63) is 29.8 Å². The minimum Gasteiger partial charge on any atom is -0.478 e. The smallest absolute Gasteiger partial charge is 0.335 e. The average molecular weight is 249 g/mol. The number of nitrogens with zero attached hydrogens (tertiary/aromatic N) is 1. The van der Waals surface area contributed by atoms with Crippen molar-refractivity contribution in [3.8, 4) is 0 Å². The molecule has 1 fully saturated rings. The molecule has 1 heterocycles. The van der Waals surface area contributed by atoms with Crippen LogP contribution in [0, 0.1) is 0 Å². The van der Waals surface area contributed by atoms with E-state index in [-0.39, 0.29) is 17.6 Å². The fraction of sp³-hybridized carbons (Fsp3) is 0.385. The molecule has 1 N–H and O–H groups in total. The Morgan fingerprint density at radius 3 is 2.89 bits per heavy atom. The third kappa shape index (κ3) is 2.30. The number of anilines is 1. The Bertz CT molecular complexity index is 472. The van der Waals surface area contributed by atoms with E-state index in [1.807, 2.05) is 11.0 Å². The van der Waals surface area contributed by atoms with Gasteiger partial charge in [0.1, 0.15) is 6.04 Å². The first-order valence-corrected chi connectivity index (χ1v) is 5.81. The lowest BCUT2D eigenvalue weighted by atomic mass is 10.1. The number of rotatable bonds is 3. The molecule has 96 valence electrons. The molecular formula is C13H15NO4. The minimum atomic E-state index is -0.967. The van der Waals surface area contributed by atoms with Crippen LogP contribution in [-0.4, -0.2) is 36.7 Å². The maximum Gasteiger partial charge on any atom is 0.335 e. The highest BCUT2D eigenvalue weighted by Crippen LogP contribution is 2.26. The molecule has 0 aliphatic carbocycles. The van der Waals surface area contributed by atoms with Gasteiger partial charge in [0.15, 0.2) is 0 Å². The predicted molar refractivity (Wildman–Crippen MR) is 65.8 cm³/mol. The lowest BCUT2D eigenvalue weighted by molar-refractivity contribution is -0.141. The summed E-state index contributed by atoms with van der Waals surface area (Å²) in [6, 6.07) is 6.32. The van der Waals surface area contributed by atoms with E-state index in [4.69, 9.17) is 9.84 Å². The molecule has 0 spiro atoms. The van der Waals surface area contributed by atoms with Crippen LogP contribution in [0.25, 0.3) is 0 Å². The standard InChI is InChI=1S/C13H15NO4/c1-18-13(17)11-6-3-7-14(11)10-5-2-4-9(8-10)12(15)16/h2,4-5,8,11H,3,6-7H2,1H3,(H,15,16). The second kappa shape index (κ2) is 5.08. The van der Waals surface area contributed by atoms with Gasteiger partial charge in [0.25, 0.3) is 0 Å². The molecule has 1 aliphatic heterocycles. The first-order chi connectivity index (χ1) is 8.63. The van der Waals surface area contributed by atoms with E-state index in [1.165, 1.54) is 13.2 Å². The van der Waals surface area contributed by atoms with Crippen LogP contribution in [0.1, 0.15) is 23.2 Å². The van der Waals surface area contributed by atoms with Gasteiger partial charge in [-0.3, -0.25) is 0 Å². The van der Waals surface area contributed by atoms with Crippen LogP contribution < -0.4 is 4.90 Å². The number of methoxy groups -OCH3 is 1. The van der Waals surface area contributed by atoms with Crippen molar-refractivity contribution in [2.75, 3.05) is 18.6 Å². The van der Waals surface area contributed by atoms with Crippen LogP contribution in [0.3, 0.4) is 0 Å². The SMILES string of the molecule is COC(=O)C1CCCN1c1cccc(C(=O)O)c1. The zero-order chi connectivity index (χ0) is 13.1. The summed E-state index contributed by atoms with van der Waals surface area (Å²) >= 11 is 0. The van der Waals surface area contributed by atoms with Crippen LogP contribution >= 0.6 is 0 Å². The van der Waals surface area contributed by atoms with Crippen LogP contribution in [0.5, 0.6) is 0 Å². The van der Waals surface area contributed by atoms with Crippen molar-refractivity contribution in [3.63, 3.8) is 0 Å². The molecule has 2 rings (SSSR count). The Morgan fingerprint density at radius 2 is 2.22 bits per heavy atom. The number of aromatic carboxylic acids is 1. The van der Waals surface area contributed by atoms with E-state index >= 15 is 0 Å². The van der Waals surface area contributed by atoms with E-state index in [9.17, 15) is 9.59 Å². The molecule has 0 amide bonds. The highest BCUT2D eigenvalue weighted by molar-refractivity contribution is 5.89. The summed E-state index contributed by atoms with van der Waals surface area (Å²) in [5, 5.41) is 8.96. The summed E-state index contributed by atoms with van der Waals surface area (Å²) in [6.45, 7) is 0.739. The number of esters is 1. The van der Waals surface area contributed by atoms with Gasteiger partial charge in [-0.25, -0.2) is 9.59 Å². The average Bonchev–Trinajstić information content (AvgIpc) is 2.87. The molecule has 0 radical (unpaired) electrons. The quantitative estimate of drug-likeness (QED) is 0.823. The number of carboxylic acids is 1. The van der Waals surface area contributed by atoms with Crippen molar-refractivity contribution in [2.45, 2.75) is 18.9 Å². The van der Waals surface area contributed by atoms with E-state index in [0.29, 0.717) is 0 Å². The topological polar surface area (TPSA) is 66.8 Å². The Balaban J connectivity index is 2.27. The Hall–Kier alpha value is -2.04. The Labute approximate surface area is 105 Å². The normalized spacial score (nSPS) is 18.7. The molecule has 0 bridgehead atoms. The van der Waals surface area contributed by atoms with Gasteiger partial charge in [0.05, 0.1) is 12.7 Å². The lowest BCUT2D eigenvalue weighted by Crippen LogP contribution is -2.36. The second-order valence-corrected chi connectivity index (χ2v) is 4.23. The fourth-order valence-corrected chi connectivity index (χ4v) is 2.27. The van der Waals surface area contributed by atoms with Gasteiger partial charge in [0.2, 0.25) is 0 Å². The maximum atomic E-state index is 11.6. The molecule has 1 atom stereocenters. The summed E-state index contributed by atoms with van der Waals surface area (Å²) in [4.78, 5) is 24.5. The number of ether oxygens (including phenoxy) is 1. The van der Waals surface area contributed by atoms with Crippen molar-refractivity contribution in [2.24, 2.45) is 0 Å². The molecule has 1 unspecified atom stereocenters. The zero-order valence-corrected chi connectivity index (χ0v) is 10.1. The molecule has 5 heteroatoms. The van der Waals surface area contributed by atoms with Gasteiger partial charge in [-0.15, -0.1) is 0 Å². The molecule has 18 heavy (non-hydrogen) atoms. The second-order valence-electron chi connectivity index (χ2n) is 4.23. The van der Waals surface area contributed by atoms with Crippen LogP contribution in [0.2, 0.25) is 0 Å². The molecule has 0 saturated carbocycles. The summed E-state index contributed by atoms with van der Waals surface area (Å²) in [5.41, 5.74) is 0.978. The van der Waals surface area contributed by atoms with Crippen molar-refractivity contribution in [1.29, 1.82) is 0 Å². The number of carbonyl (C=O) groups excluding carboxylic acids is 1. The van der Waals surface area contributed by atoms with Gasteiger partial charge in [-0.2, -0.15) is 0 Å². The molecule has 1 saturated heterocycles. The van der Waals surface area contributed by atoms with Gasteiger partial charge in [-0.1, -0.05) is 6.07 Å². The summed E-state index contributed by atoms with van der Waals surface area (Å²) < 4.78 is 4.77. The molecule has 0 aromatic heterocycles. The third-order valence-corrected chi connectivity index (χ3v) is 3.15. The third-order valence-electron chi connectivity index (χ3n) is 3.15. The minimum absolute atomic E-state index is 0.225. The molecule has 1 aromatic carbocycles. The highest BCUT2D eigenvalue weighted by atomic mass is 16.5. The summed E-state index contributed by atoms with van der Waals surface area (Å²) in [6.07, 6.45) is 1.64. The lowest BCUT2D eigenvalue weighted by Gasteiger charge is -2.24. The predicted octanol–water partition coefficient (Wildman–Crippen LogP) is 1.53. The van der Waals surface area contributed by atoms with E-state index in [1.54, 1.807) is 12.1 Å². The van der Waals surface area contributed by atoms with Crippen LogP contribution in [0.15, 0.2) is 24.3 Å². The van der Waals surface area contributed by atoms with Crippen molar-refractivity contribution < 1.29 is 19.4 Å². The van der Waals surface area contributed by atoms with Gasteiger partial charge in [-0.05, 0) is 31.0 Å². The Kier molecular flexibility index (Phi) is 3.50. The molecular weight excluding hydrogens is 234 g/mol. The van der Waals surface area contributed by atoms with E-state index in [0.717, 1.165) is 25.1 Å². The van der Waals surface area contributed by atoms with Crippen LogP contribution in [-0.2, 0) is 9.53 Å². The highest BCUT2D eigenvalue weighted by Gasteiger charge is 2.31. The van der Waals surface area contributed by atoms with E-state index in [2.05, 4.69) is 0 Å². The number of carbonyl (C=O) groups is 2. The van der Waals surface area contributed by atoms with Gasteiger partial charge < -0.3 is 14.7 Å². The van der Waals surface area contributed by atoms with Crippen molar-refractivity contribution >= 4 is 17.6 Å². The number of hydrogen-bond acceptors (Lipinski definition) is 4. The summed E-state index contributed by atoms with van der Waals surface area (Å²) in [7, 11) is 1.37. The monoisotopic (exact) mass is 249 g/mol. The van der Waals surface area contributed by atoms with Gasteiger partial charge in [0, 0.05) is 12.2 Å². The number of hydrogen-bond donors (Lipinski definition) is 1.